The van der Waals surface area contributed by atoms with E-state index in [1.165, 1.54) is 0 Å². The van der Waals surface area contributed by atoms with Gasteiger partial charge in [0.25, 0.3) is 0 Å². The molecule has 6 heteroatoms. The molecule has 0 saturated heterocycles. The predicted molar refractivity (Wildman–Crippen MR) is 108 cm³/mol. The lowest BCUT2D eigenvalue weighted by Gasteiger charge is -2.10. The van der Waals surface area contributed by atoms with Crippen LogP contribution in [0.3, 0.4) is 0 Å². The van der Waals surface area contributed by atoms with Crippen molar-refractivity contribution >= 4 is 10.9 Å². The van der Waals surface area contributed by atoms with Gasteiger partial charge in [-0.3, -0.25) is 0 Å². The van der Waals surface area contributed by atoms with Crippen LogP contribution < -0.4 is 4.74 Å². The Kier molecular flexibility index (Phi) is 5.77. The van der Waals surface area contributed by atoms with Crippen LogP contribution in [0.25, 0.3) is 0 Å². The maximum Gasteiger partial charge on any atom is 0.204 e. The summed E-state index contributed by atoms with van der Waals surface area (Å²) in [7, 11) is -0.383. The number of hydrogen-bond donors (Lipinski definition) is 0. The molecule has 0 N–H and O–H groups in total. The second-order valence-corrected chi connectivity index (χ2v) is 8.33. The smallest absolute Gasteiger partial charge is 0.204 e. The summed E-state index contributed by atoms with van der Waals surface area (Å²) in [5, 5.41) is 0. The minimum Gasteiger partial charge on any atom is -0.454 e. The first-order chi connectivity index (χ1) is 14.5. The largest absolute Gasteiger partial charge is 0.454 e. The van der Waals surface area contributed by atoms with E-state index in [1.807, 2.05) is 72.8 Å². The SMILES string of the molecule is Fc1cc(Oc2ccc([S+](c3ccccc3)c3ccccc3)cc2)c(F)c(F)c1F. The molecule has 0 heterocycles. The summed E-state index contributed by atoms with van der Waals surface area (Å²) in [6.45, 7) is 0. The molecule has 0 bridgehead atoms. The number of halogens is 4. The molecule has 4 rings (SSSR count). The normalized spacial score (nSPS) is 11.0. The van der Waals surface area contributed by atoms with Crippen molar-refractivity contribution in [3.63, 3.8) is 0 Å². The second kappa shape index (κ2) is 8.63. The topological polar surface area (TPSA) is 9.23 Å². The molecule has 0 aromatic heterocycles. The van der Waals surface area contributed by atoms with Crippen molar-refractivity contribution in [2.75, 3.05) is 0 Å². The molecule has 0 aliphatic rings. The molecular formula is C24H15F4OS+. The highest BCUT2D eigenvalue weighted by molar-refractivity contribution is 7.97. The van der Waals surface area contributed by atoms with Crippen LogP contribution in [0.15, 0.2) is 106 Å². The van der Waals surface area contributed by atoms with Gasteiger partial charge in [-0.25, -0.2) is 13.2 Å². The zero-order valence-electron chi connectivity index (χ0n) is 15.5. The summed E-state index contributed by atoms with van der Waals surface area (Å²) in [6.07, 6.45) is 0. The summed E-state index contributed by atoms with van der Waals surface area (Å²) in [4.78, 5) is 3.22. The van der Waals surface area contributed by atoms with E-state index in [2.05, 4.69) is 0 Å². The highest BCUT2D eigenvalue weighted by Crippen LogP contribution is 2.34. The van der Waals surface area contributed by atoms with Crippen LogP contribution >= 0.6 is 0 Å². The molecule has 0 spiro atoms. The van der Waals surface area contributed by atoms with E-state index in [0.717, 1.165) is 14.7 Å². The quantitative estimate of drug-likeness (QED) is 0.142. The fourth-order valence-electron chi connectivity index (χ4n) is 2.92. The third-order valence-electron chi connectivity index (χ3n) is 4.31. The molecule has 0 saturated carbocycles. The first-order valence-electron chi connectivity index (χ1n) is 9.00. The Morgan fingerprint density at radius 2 is 1.03 bits per heavy atom. The average Bonchev–Trinajstić information content (AvgIpc) is 2.79. The Morgan fingerprint density at radius 3 is 1.57 bits per heavy atom. The fraction of sp³-hybridized carbons (Fsp3) is 0. The van der Waals surface area contributed by atoms with Gasteiger partial charge in [0, 0.05) is 6.07 Å². The molecule has 1 nitrogen and oxygen atoms in total. The standard InChI is InChI=1S/C24H15F4OS/c25-20-15-21(23(27)24(28)22(20)26)29-16-11-13-19(14-12-16)30(17-7-3-1-4-8-17)18-9-5-2-6-10-18/h1-15H/q+1. The number of rotatable bonds is 5. The minimum absolute atomic E-state index is 0.174. The highest BCUT2D eigenvalue weighted by atomic mass is 32.2. The van der Waals surface area contributed by atoms with Crippen molar-refractivity contribution in [2.24, 2.45) is 0 Å². The number of hydrogen-bond acceptors (Lipinski definition) is 1. The summed E-state index contributed by atoms with van der Waals surface area (Å²) < 4.78 is 59.1. The lowest BCUT2D eigenvalue weighted by Crippen LogP contribution is -2.04. The highest BCUT2D eigenvalue weighted by Gasteiger charge is 2.28. The third kappa shape index (κ3) is 4.04. The summed E-state index contributed by atoms with van der Waals surface area (Å²) in [5.41, 5.74) is 0. The molecule has 0 fully saturated rings. The van der Waals surface area contributed by atoms with Crippen molar-refractivity contribution in [2.45, 2.75) is 14.7 Å². The Hall–Kier alpha value is -3.25. The van der Waals surface area contributed by atoms with Crippen LogP contribution in [0.5, 0.6) is 11.5 Å². The molecule has 4 aromatic rings. The minimum atomic E-state index is -1.91. The van der Waals surface area contributed by atoms with Gasteiger partial charge in [0.1, 0.15) is 5.75 Å². The summed E-state index contributed by atoms with van der Waals surface area (Å²) in [6, 6.07) is 27.2. The van der Waals surface area contributed by atoms with Gasteiger partial charge < -0.3 is 4.74 Å². The molecule has 0 unspecified atom stereocenters. The molecule has 0 atom stereocenters. The monoisotopic (exact) mass is 427 g/mol. The second-order valence-electron chi connectivity index (χ2n) is 6.30. The predicted octanol–water partition coefficient (Wildman–Crippen LogP) is 7.13. The van der Waals surface area contributed by atoms with E-state index in [4.69, 9.17) is 4.74 Å². The van der Waals surface area contributed by atoms with E-state index < -0.39 is 29.0 Å². The number of ether oxygens (including phenoxy) is 1. The first-order valence-corrected chi connectivity index (χ1v) is 10.2. The molecular weight excluding hydrogens is 412 g/mol. The molecule has 0 aliphatic heterocycles. The van der Waals surface area contributed by atoms with Gasteiger partial charge in [0.15, 0.2) is 32.1 Å². The fourth-order valence-corrected chi connectivity index (χ4v) is 5.00. The van der Waals surface area contributed by atoms with Crippen LogP contribution in [0.4, 0.5) is 17.6 Å². The first kappa shape index (κ1) is 20.0. The van der Waals surface area contributed by atoms with Gasteiger partial charge >= 0.3 is 0 Å². The zero-order valence-corrected chi connectivity index (χ0v) is 16.3. The van der Waals surface area contributed by atoms with E-state index in [-0.39, 0.29) is 16.6 Å². The van der Waals surface area contributed by atoms with E-state index in [0.29, 0.717) is 6.07 Å². The molecule has 30 heavy (non-hydrogen) atoms. The Bertz CT molecular complexity index is 1110. The van der Waals surface area contributed by atoms with Crippen molar-refractivity contribution in [3.8, 4) is 11.5 Å². The van der Waals surface area contributed by atoms with E-state index in [9.17, 15) is 17.6 Å². The molecule has 4 aromatic carbocycles. The van der Waals surface area contributed by atoms with E-state index >= 15 is 0 Å². The van der Waals surface area contributed by atoms with Gasteiger partial charge in [0.05, 0.1) is 10.9 Å². The van der Waals surface area contributed by atoms with Crippen molar-refractivity contribution < 1.29 is 22.3 Å². The summed E-state index contributed by atoms with van der Waals surface area (Å²) in [5.74, 6) is -7.42. The maximum atomic E-state index is 13.9. The lowest BCUT2D eigenvalue weighted by atomic mass is 10.3. The van der Waals surface area contributed by atoms with Crippen molar-refractivity contribution in [1.82, 2.24) is 0 Å². The maximum absolute atomic E-state index is 13.9. The molecule has 0 aliphatic carbocycles. The van der Waals surface area contributed by atoms with E-state index in [1.54, 1.807) is 12.1 Å². The molecule has 0 radical (unpaired) electrons. The van der Waals surface area contributed by atoms with Crippen molar-refractivity contribution in [3.05, 3.63) is 114 Å². The van der Waals surface area contributed by atoms with Crippen LogP contribution in [0, 0.1) is 23.3 Å². The molecule has 150 valence electrons. The van der Waals surface area contributed by atoms with Crippen LogP contribution in [0.1, 0.15) is 0 Å². The third-order valence-corrected chi connectivity index (χ3v) is 6.55. The molecule has 0 amide bonds. The van der Waals surface area contributed by atoms with Crippen molar-refractivity contribution in [1.29, 1.82) is 0 Å². The van der Waals surface area contributed by atoms with Crippen LogP contribution in [-0.2, 0) is 10.9 Å². The Balaban J connectivity index is 1.67. The van der Waals surface area contributed by atoms with Crippen LogP contribution in [-0.4, -0.2) is 0 Å². The van der Waals surface area contributed by atoms with Gasteiger partial charge in [-0.05, 0) is 48.5 Å². The van der Waals surface area contributed by atoms with Gasteiger partial charge in [0.2, 0.25) is 11.6 Å². The average molecular weight is 427 g/mol. The summed E-state index contributed by atoms with van der Waals surface area (Å²) >= 11 is 0. The lowest BCUT2D eigenvalue weighted by molar-refractivity contribution is 0.371. The Labute approximate surface area is 173 Å². The van der Waals surface area contributed by atoms with Gasteiger partial charge in [-0.15, -0.1) is 0 Å². The Morgan fingerprint density at radius 1 is 0.533 bits per heavy atom. The van der Waals surface area contributed by atoms with Gasteiger partial charge in [-0.2, -0.15) is 4.39 Å². The van der Waals surface area contributed by atoms with Crippen LogP contribution in [0.2, 0.25) is 0 Å². The zero-order chi connectivity index (χ0) is 21.1. The number of benzene rings is 4. The van der Waals surface area contributed by atoms with Gasteiger partial charge in [-0.1, -0.05) is 36.4 Å².